The van der Waals surface area contributed by atoms with Gasteiger partial charge in [0.05, 0.1) is 0 Å². The van der Waals surface area contributed by atoms with E-state index in [1.54, 1.807) is 12.3 Å². The van der Waals surface area contributed by atoms with Crippen LogP contribution in [-0.4, -0.2) is 16.9 Å². The van der Waals surface area contributed by atoms with Crippen molar-refractivity contribution >= 4 is 16.7 Å². The third-order valence-corrected chi connectivity index (χ3v) is 3.85. The van der Waals surface area contributed by atoms with Crippen molar-refractivity contribution in [1.29, 1.82) is 0 Å². The molecular formula is C17H12FNO2. The molecule has 21 heavy (non-hydrogen) atoms. The summed E-state index contributed by atoms with van der Waals surface area (Å²) in [5.41, 5.74) is 2.25. The fourth-order valence-corrected chi connectivity index (χ4v) is 2.80. The summed E-state index contributed by atoms with van der Waals surface area (Å²) >= 11 is 0. The smallest absolute Gasteiger partial charge is 0.205 e. The van der Waals surface area contributed by atoms with Crippen LogP contribution in [0.2, 0.25) is 0 Å². The Bertz CT molecular complexity index is 828. The molecule has 0 radical (unpaired) electrons. The highest BCUT2D eigenvalue weighted by Crippen LogP contribution is 2.31. The van der Waals surface area contributed by atoms with Gasteiger partial charge in [0.2, 0.25) is 5.78 Å². The molecule has 3 nitrogen and oxygen atoms in total. The average Bonchev–Trinajstić information content (AvgIpc) is 3.09. The van der Waals surface area contributed by atoms with E-state index < -0.39 is 6.10 Å². The van der Waals surface area contributed by atoms with Crippen LogP contribution in [0.3, 0.4) is 0 Å². The van der Waals surface area contributed by atoms with Crippen LogP contribution in [0, 0.1) is 5.82 Å². The maximum absolute atomic E-state index is 13.4. The Morgan fingerprint density at radius 1 is 1.24 bits per heavy atom. The van der Waals surface area contributed by atoms with Crippen LogP contribution in [0.15, 0.2) is 48.7 Å². The number of ketones is 1. The van der Waals surface area contributed by atoms with Gasteiger partial charge < -0.3 is 9.72 Å². The maximum Gasteiger partial charge on any atom is 0.205 e. The second kappa shape index (κ2) is 4.45. The molecule has 3 aromatic rings. The van der Waals surface area contributed by atoms with Crippen LogP contribution >= 0.6 is 0 Å². The van der Waals surface area contributed by atoms with Crippen LogP contribution < -0.4 is 4.74 Å². The van der Waals surface area contributed by atoms with Crippen molar-refractivity contribution in [3.63, 3.8) is 0 Å². The summed E-state index contributed by atoms with van der Waals surface area (Å²) in [5, 5.41) is 0.597. The van der Waals surface area contributed by atoms with Gasteiger partial charge in [-0.05, 0) is 29.8 Å². The molecular weight excluding hydrogens is 269 g/mol. The first-order valence-electron chi connectivity index (χ1n) is 6.78. The van der Waals surface area contributed by atoms with E-state index >= 15 is 0 Å². The predicted octanol–water partition coefficient (Wildman–Crippen LogP) is 3.49. The Kier molecular flexibility index (Phi) is 2.57. The quantitative estimate of drug-likeness (QED) is 0.730. The summed E-state index contributed by atoms with van der Waals surface area (Å²) in [6.45, 7) is 0. The summed E-state index contributed by atoms with van der Waals surface area (Å²) in [6.07, 6.45) is 1.64. The number of para-hydroxylation sites is 1. The van der Waals surface area contributed by atoms with E-state index in [0.29, 0.717) is 17.4 Å². The third-order valence-electron chi connectivity index (χ3n) is 3.85. The van der Waals surface area contributed by atoms with E-state index in [-0.39, 0.29) is 11.6 Å². The molecule has 4 rings (SSSR count). The van der Waals surface area contributed by atoms with Crippen LogP contribution in [0.25, 0.3) is 10.9 Å². The number of ether oxygens (including phenoxy) is 1. The summed E-state index contributed by atoms with van der Waals surface area (Å²) in [4.78, 5) is 15.6. The molecule has 1 N–H and O–H groups in total. The molecule has 2 aromatic carbocycles. The predicted molar refractivity (Wildman–Crippen MR) is 77.1 cm³/mol. The van der Waals surface area contributed by atoms with Crippen LogP contribution in [0.4, 0.5) is 4.39 Å². The van der Waals surface area contributed by atoms with Gasteiger partial charge in [-0.3, -0.25) is 4.79 Å². The van der Waals surface area contributed by atoms with E-state index in [4.69, 9.17) is 4.74 Å². The zero-order valence-corrected chi connectivity index (χ0v) is 11.1. The first kappa shape index (κ1) is 12.1. The molecule has 0 amide bonds. The minimum absolute atomic E-state index is 0.122. The summed E-state index contributed by atoms with van der Waals surface area (Å²) < 4.78 is 19.1. The van der Waals surface area contributed by atoms with E-state index in [1.807, 2.05) is 24.3 Å². The highest BCUT2D eigenvalue weighted by atomic mass is 19.1. The molecule has 0 bridgehead atoms. The van der Waals surface area contributed by atoms with Crippen molar-refractivity contribution in [3.8, 4) is 5.75 Å². The van der Waals surface area contributed by atoms with Crippen molar-refractivity contribution in [2.75, 3.05) is 0 Å². The standard InChI is InChI=1S/C17H12FNO2/c18-11-5-6-14-12(8-11)13(9-19-14)17(20)16-7-10-3-1-2-4-15(10)21-16/h1-6,8-9,16,19H,7H2. The van der Waals surface area contributed by atoms with Crippen LogP contribution in [-0.2, 0) is 6.42 Å². The van der Waals surface area contributed by atoms with Crippen LogP contribution in [0.5, 0.6) is 5.75 Å². The summed E-state index contributed by atoms with van der Waals surface area (Å²) in [7, 11) is 0. The van der Waals surface area contributed by atoms with E-state index in [1.165, 1.54) is 12.1 Å². The lowest BCUT2D eigenvalue weighted by Gasteiger charge is -2.08. The number of Topliss-reactive ketones (excluding diaryl/α,β-unsaturated/α-hetero) is 1. The Morgan fingerprint density at radius 3 is 2.95 bits per heavy atom. The zero-order chi connectivity index (χ0) is 14.4. The molecule has 0 fully saturated rings. The van der Waals surface area contributed by atoms with E-state index in [2.05, 4.69) is 4.98 Å². The van der Waals surface area contributed by atoms with Gasteiger partial charge in [-0.25, -0.2) is 4.39 Å². The molecule has 1 aliphatic heterocycles. The highest BCUT2D eigenvalue weighted by Gasteiger charge is 2.30. The van der Waals surface area contributed by atoms with Crippen LogP contribution in [0.1, 0.15) is 15.9 Å². The molecule has 1 atom stereocenters. The lowest BCUT2D eigenvalue weighted by Crippen LogP contribution is -2.25. The first-order chi connectivity index (χ1) is 10.2. The molecule has 2 heterocycles. The lowest BCUT2D eigenvalue weighted by molar-refractivity contribution is 0.0826. The fourth-order valence-electron chi connectivity index (χ4n) is 2.80. The van der Waals surface area contributed by atoms with Gasteiger partial charge >= 0.3 is 0 Å². The van der Waals surface area contributed by atoms with Gasteiger partial charge in [0.25, 0.3) is 0 Å². The molecule has 4 heteroatoms. The number of fused-ring (bicyclic) bond motifs is 2. The second-order valence-electron chi connectivity index (χ2n) is 5.17. The average molecular weight is 281 g/mol. The van der Waals surface area contributed by atoms with Gasteiger partial charge in [-0.15, -0.1) is 0 Å². The Labute approximate surface area is 120 Å². The maximum atomic E-state index is 13.4. The molecule has 1 aliphatic rings. The van der Waals surface area contributed by atoms with Crippen molar-refractivity contribution in [2.24, 2.45) is 0 Å². The van der Waals surface area contributed by atoms with Crippen molar-refractivity contribution < 1.29 is 13.9 Å². The molecule has 104 valence electrons. The Morgan fingerprint density at radius 2 is 2.10 bits per heavy atom. The van der Waals surface area contributed by atoms with Gasteiger partial charge in [-0.1, -0.05) is 18.2 Å². The monoisotopic (exact) mass is 281 g/mol. The number of benzene rings is 2. The summed E-state index contributed by atoms with van der Waals surface area (Å²) in [6, 6.07) is 12.0. The SMILES string of the molecule is O=C(c1c[nH]c2ccc(F)cc12)C1Cc2ccccc2O1. The number of aromatic nitrogens is 1. The topological polar surface area (TPSA) is 42.1 Å². The number of nitrogens with one attached hydrogen (secondary N) is 1. The number of hydrogen-bond donors (Lipinski definition) is 1. The number of carbonyl (C=O) groups is 1. The molecule has 1 unspecified atom stereocenters. The van der Waals surface area contributed by atoms with Gasteiger partial charge in [0.1, 0.15) is 11.6 Å². The number of halogens is 1. The zero-order valence-electron chi connectivity index (χ0n) is 11.1. The minimum Gasteiger partial charge on any atom is -0.482 e. The number of hydrogen-bond acceptors (Lipinski definition) is 2. The van der Waals surface area contributed by atoms with Gasteiger partial charge in [0.15, 0.2) is 6.10 Å². The van der Waals surface area contributed by atoms with E-state index in [0.717, 1.165) is 16.8 Å². The fraction of sp³-hybridized carbons (Fsp3) is 0.118. The Balaban J connectivity index is 1.70. The number of carbonyl (C=O) groups excluding carboxylic acids is 1. The van der Waals surface area contributed by atoms with Crippen molar-refractivity contribution in [1.82, 2.24) is 4.98 Å². The van der Waals surface area contributed by atoms with E-state index in [9.17, 15) is 9.18 Å². The highest BCUT2D eigenvalue weighted by molar-refractivity contribution is 6.10. The number of H-pyrrole nitrogens is 1. The molecule has 0 saturated heterocycles. The second-order valence-corrected chi connectivity index (χ2v) is 5.17. The third kappa shape index (κ3) is 1.91. The first-order valence-corrected chi connectivity index (χ1v) is 6.78. The molecule has 0 aliphatic carbocycles. The Hall–Kier alpha value is -2.62. The van der Waals surface area contributed by atoms with Crippen molar-refractivity contribution in [2.45, 2.75) is 12.5 Å². The van der Waals surface area contributed by atoms with Crippen molar-refractivity contribution in [3.05, 3.63) is 65.6 Å². The lowest BCUT2D eigenvalue weighted by atomic mass is 10.0. The summed E-state index contributed by atoms with van der Waals surface area (Å²) in [5.74, 6) is 0.275. The van der Waals surface area contributed by atoms with Gasteiger partial charge in [0, 0.05) is 29.1 Å². The largest absolute Gasteiger partial charge is 0.482 e. The van der Waals surface area contributed by atoms with Gasteiger partial charge in [-0.2, -0.15) is 0 Å². The minimum atomic E-state index is -0.537. The normalized spacial score (nSPS) is 16.7. The number of rotatable bonds is 2. The molecule has 1 aromatic heterocycles. The molecule has 0 saturated carbocycles. The number of aromatic amines is 1. The molecule has 0 spiro atoms.